The quantitative estimate of drug-likeness (QED) is 0.0222. The van der Waals surface area contributed by atoms with Gasteiger partial charge in [0, 0.05) is 25.7 Å². The SMILES string of the molecule is CCC(C)CCCCCCCCC(=O)OC[C@H](COP(=O)(O)OC[C@H](O)COP(=O)(O)OC[C@@H](COC(=O)CCCCCCCCCCCC(C)C)OC(=O)CCCCCCCCCCC(C)C)OC(=O)CCCCCCCCCCCCCCCC(C)C. The summed E-state index contributed by atoms with van der Waals surface area (Å²) in [4.78, 5) is 72.5. The van der Waals surface area contributed by atoms with E-state index in [-0.39, 0.29) is 25.7 Å². The van der Waals surface area contributed by atoms with Crippen LogP contribution in [0.1, 0.15) is 344 Å². The molecule has 0 aliphatic carbocycles. The van der Waals surface area contributed by atoms with Gasteiger partial charge in [-0.3, -0.25) is 37.3 Å². The molecule has 0 amide bonds. The summed E-state index contributed by atoms with van der Waals surface area (Å²) in [6.07, 6.45) is 41.7. The number of aliphatic hydroxyl groups excluding tert-OH is 1. The molecule has 0 spiro atoms. The molecule has 0 aliphatic heterocycles. The summed E-state index contributed by atoms with van der Waals surface area (Å²) in [5, 5.41) is 10.6. The van der Waals surface area contributed by atoms with Gasteiger partial charge in [-0.2, -0.15) is 0 Å². The number of unbranched alkanes of at least 4 members (excludes halogenated alkanes) is 32. The van der Waals surface area contributed by atoms with Crippen molar-refractivity contribution < 1.29 is 80.2 Å². The molecular weight excluding hydrogens is 1170 g/mol. The Bertz CT molecular complexity index is 1770. The topological polar surface area (TPSA) is 237 Å². The number of carbonyl (C=O) groups is 4. The largest absolute Gasteiger partial charge is 0.472 e. The third-order valence-corrected chi connectivity index (χ3v) is 18.3. The second kappa shape index (κ2) is 59.8. The van der Waals surface area contributed by atoms with E-state index in [1.54, 1.807) is 0 Å². The molecule has 0 aromatic rings. The summed E-state index contributed by atoms with van der Waals surface area (Å²) >= 11 is 0. The first kappa shape index (κ1) is 87.1. The first-order valence-electron chi connectivity index (χ1n) is 36.2. The Kier molecular flexibility index (Phi) is 58.5. The summed E-state index contributed by atoms with van der Waals surface area (Å²) in [7, 11) is -9.90. The monoisotopic (exact) mass is 1310 g/mol. The van der Waals surface area contributed by atoms with Crippen LogP contribution < -0.4 is 0 Å². The number of phosphoric acid groups is 2. The molecule has 6 atom stereocenters. The molecule has 0 bridgehead atoms. The molecule has 89 heavy (non-hydrogen) atoms. The number of hydrogen-bond acceptors (Lipinski definition) is 15. The molecule has 0 heterocycles. The summed E-state index contributed by atoms with van der Waals surface area (Å²) in [6, 6.07) is 0. The number of phosphoric ester groups is 2. The third kappa shape index (κ3) is 63.2. The number of esters is 4. The number of carbonyl (C=O) groups excluding carboxylic acids is 4. The van der Waals surface area contributed by atoms with Crippen LogP contribution in [0.15, 0.2) is 0 Å². The standard InChI is InChI=1S/C70H136O17P2/c1-9-63(8)49-41-33-28-29-35-43-51-68(73)81-57-66(86-69(74)52-44-36-26-18-14-12-10-11-13-16-22-30-38-46-60(2)3)59-85-89(78,79)83-55-64(71)54-82-88(76,77)84-58-65(87-70(75)53-45-37-27-21-20-24-32-40-48-62(6)7)56-80-67(72)50-42-34-25-19-15-17-23-31-39-47-61(4)5/h60-66,71H,9-59H2,1-8H3,(H,76,77)(H,78,79)/t63?,64-,65-,66-/m1/s1. The van der Waals surface area contributed by atoms with Crippen LogP contribution in [0.25, 0.3) is 0 Å². The van der Waals surface area contributed by atoms with Crippen LogP contribution in [0.5, 0.6) is 0 Å². The predicted octanol–water partition coefficient (Wildman–Crippen LogP) is 19.7. The van der Waals surface area contributed by atoms with E-state index in [1.165, 1.54) is 141 Å². The van der Waals surface area contributed by atoms with Crippen LogP contribution in [-0.2, 0) is 65.4 Å². The first-order valence-corrected chi connectivity index (χ1v) is 39.2. The van der Waals surface area contributed by atoms with Gasteiger partial charge in [-0.05, 0) is 49.4 Å². The van der Waals surface area contributed by atoms with Gasteiger partial charge >= 0.3 is 39.5 Å². The minimum absolute atomic E-state index is 0.103. The van der Waals surface area contributed by atoms with E-state index in [2.05, 4.69) is 55.4 Å². The molecular formula is C70H136O17P2. The van der Waals surface area contributed by atoms with Crippen LogP contribution >= 0.6 is 15.6 Å². The van der Waals surface area contributed by atoms with Crippen LogP contribution in [0.4, 0.5) is 0 Å². The second-order valence-electron chi connectivity index (χ2n) is 26.9. The van der Waals surface area contributed by atoms with Crippen molar-refractivity contribution in [3.63, 3.8) is 0 Å². The average Bonchev–Trinajstić information content (AvgIpc) is 3.56. The Morgan fingerprint density at radius 1 is 0.315 bits per heavy atom. The van der Waals surface area contributed by atoms with Gasteiger partial charge in [0.15, 0.2) is 12.2 Å². The van der Waals surface area contributed by atoms with Gasteiger partial charge in [0.1, 0.15) is 19.3 Å². The lowest BCUT2D eigenvalue weighted by atomic mass is 10.00. The fourth-order valence-electron chi connectivity index (χ4n) is 10.5. The van der Waals surface area contributed by atoms with Crippen molar-refractivity contribution in [1.82, 2.24) is 0 Å². The number of aliphatic hydroxyl groups is 1. The smallest absolute Gasteiger partial charge is 0.462 e. The number of hydrogen-bond donors (Lipinski definition) is 3. The fraction of sp³-hybridized carbons (Fsp3) is 0.943. The van der Waals surface area contributed by atoms with E-state index in [1.807, 2.05) is 0 Å². The van der Waals surface area contributed by atoms with Crippen molar-refractivity contribution in [2.75, 3.05) is 39.6 Å². The Morgan fingerprint density at radius 2 is 0.539 bits per heavy atom. The number of rotatable bonds is 67. The molecule has 0 fully saturated rings. The van der Waals surface area contributed by atoms with Crippen LogP contribution in [-0.4, -0.2) is 96.7 Å². The molecule has 0 radical (unpaired) electrons. The Labute approximate surface area is 543 Å². The Morgan fingerprint density at radius 3 is 0.798 bits per heavy atom. The summed E-state index contributed by atoms with van der Waals surface area (Å²) in [5.74, 6) is 0.848. The maximum atomic E-state index is 13.0. The lowest BCUT2D eigenvalue weighted by Crippen LogP contribution is -2.30. The maximum absolute atomic E-state index is 13.0. The van der Waals surface area contributed by atoms with Crippen molar-refractivity contribution in [2.24, 2.45) is 23.7 Å². The van der Waals surface area contributed by atoms with E-state index >= 15 is 0 Å². The minimum Gasteiger partial charge on any atom is -0.462 e. The van der Waals surface area contributed by atoms with Gasteiger partial charge in [0.05, 0.1) is 26.4 Å². The highest BCUT2D eigenvalue weighted by molar-refractivity contribution is 7.47. The molecule has 0 aliphatic rings. The fourth-order valence-corrected chi connectivity index (χ4v) is 12.0. The predicted molar refractivity (Wildman–Crippen MR) is 358 cm³/mol. The van der Waals surface area contributed by atoms with E-state index in [4.69, 9.17) is 37.0 Å². The lowest BCUT2D eigenvalue weighted by Gasteiger charge is -2.21. The zero-order valence-electron chi connectivity index (χ0n) is 58.1. The highest BCUT2D eigenvalue weighted by atomic mass is 31.2. The molecule has 0 aromatic heterocycles. The van der Waals surface area contributed by atoms with Crippen LogP contribution in [0.3, 0.4) is 0 Å². The van der Waals surface area contributed by atoms with Gasteiger partial charge < -0.3 is 33.8 Å². The first-order chi connectivity index (χ1) is 42.6. The molecule has 19 heteroatoms. The third-order valence-electron chi connectivity index (χ3n) is 16.4. The highest BCUT2D eigenvalue weighted by Gasteiger charge is 2.30. The van der Waals surface area contributed by atoms with Crippen molar-refractivity contribution in [3.8, 4) is 0 Å². The molecule has 17 nitrogen and oxygen atoms in total. The minimum atomic E-state index is -4.95. The van der Waals surface area contributed by atoms with E-state index in [0.717, 1.165) is 120 Å². The molecule has 0 saturated carbocycles. The van der Waals surface area contributed by atoms with Gasteiger partial charge in [0.25, 0.3) is 0 Å². The molecule has 0 aromatic carbocycles. The van der Waals surface area contributed by atoms with Gasteiger partial charge in [0.2, 0.25) is 0 Å². The lowest BCUT2D eigenvalue weighted by molar-refractivity contribution is -0.161. The van der Waals surface area contributed by atoms with E-state index < -0.39 is 97.5 Å². The summed E-state index contributed by atoms with van der Waals surface area (Å²) < 4.78 is 68.3. The molecule has 0 saturated heterocycles. The van der Waals surface area contributed by atoms with Crippen LogP contribution in [0, 0.1) is 23.7 Å². The van der Waals surface area contributed by atoms with Crippen molar-refractivity contribution in [1.29, 1.82) is 0 Å². The van der Waals surface area contributed by atoms with Crippen molar-refractivity contribution >= 4 is 39.5 Å². The molecule has 528 valence electrons. The Balaban J connectivity index is 5.25. The normalized spacial score (nSPS) is 14.6. The zero-order chi connectivity index (χ0) is 66.1. The highest BCUT2D eigenvalue weighted by Crippen LogP contribution is 2.45. The summed E-state index contributed by atoms with van der Waals surface area (Å²) in [5.41, 5.74) is 0. The van der Waals surface area contributed by atoms with Gasteiger partial charge in [-0.1, -0.05) is 293 Å². The Hall–Kier alpha value is -1.94. The number of ether oxygens (including phenoxy) is 4. The van der Waals surface area contributed by atoms with E-state index in [9.17, 15) is 43.2 Å². The van der Waals surface area contributed by atoms with E-state index in [0.29, 0.717) is 25.7 Å². The van der Waals surface area contributed by atoms with Crippen molar-refractivity contribution in [3.05, 3.63) is 0 Å². The second-order valence-corrected chi connectivity index (χ2v) is 29.8. The molecule has 3 N–H and O–H groups in total. The van der Waals surface area contributed by atoms with Gasteiger partial charge in [-0.15, -0.1) is 0 Å². The zero-order valence-corrected chi connectivity index (χ0v) is 59.8. The maximum Gasteiger partial charge on any atom is 0.472 e. The molecule has 0 rings (SSSR count). The summed E-state index contributed by atoms with van der Waals surface area (Å²) in [6.45, 7) is 14.1. The van der Waals surface area contributed by atoms with Gasteiger partial charge in [-0.25, -0.2) is 9.13 Å². The molecule has 3 unspecified atom stereocenters. The van der Waals surface area contributed by atoms with Crippen molar-refractivity contribution in [2.45, 2.75) is 363 Å². The average molecular weight is 1310 g/mol. The van der Waals surface area contributed by atoms with Crippen LogP contribution in [0.2, 0.25) is 0 Å².